The Morgan fingerprint density at radius 2 is 1.79 bits per heavy atom. The Kier molecular flexibility index (Phi) is 5.26. The second kappa shape index (κ2) is 7.58. The lowest BCUT2D eigenvalue weighted by Gasteiger charge is -2.70. The minimum atomic E-state index is -0.442. The molecule has 0 amide bonds. The highest BCUT2D eigenvalue weighted by Crippen LogP contribution is 2.74. The summed E-state index contributed by atoms with van der Waals surface area (Å²) in [5.74, 6) is 1.57. The van der Waals surface area contributed by atoms with Crippen LogP contribution in [0.25, 0.3) is 0 Å². The van der Waals surface area contributed by atoms with Crippen molar-refractivity contribution in [1.29, 1.82) is 0 Å². The maximum atomic E-state index is 13.0. The van der Waals surface area contributed by atoms with E-state index in [2.05, 4.69) is 44.1 Å². The molecular formula is C27H40N2O4. The van der Waals surface area contributed by atoms with Gasteiger partial charge in [0, 0.05) is 17.3 Å². The number of allylic oxidation sites excluding steroid dienone is 2. The van der Waals surface area contributed by atoms with Crippen LogP contribution in [0.2, 0.25) is 0 Å². The lowest BCUT2D eigenvalue weighted by Crippen LogP contribution is -2.67. The summed E-state index contributed by atoms with van der Waals surface area (Å²) in [6, 6.07) is 0. The molecule has 0 aromatic carbocycles. The van der Waals surface area contributed by atoms with Gasteiger partial charge in [0.05, 0.1) is 23.9 Å². The Bertz CT molecular complexity index is 938. The molecule has 0 radical (unpaired) electrons. The summed E-state index contributed by atoms with van der Waals surface area (Å²) in [7, 11) is 1.52. The Morgan fingerprint density at radius 1 is 1.09 bits per heavy atom. The van der Waals surface area contributed by atoms with E-state index in [1.165, 1.54) is 12.7 Å². The number of esters is 1. The van der Waals surface area contributed by atoms with Crippen LogP contribution in [-0.4, -0.2) is 34.9 Å². The molecule has 4 saturated carbocycles. The van der Waals surface area contributed by atoms with Crippen molar-refractivity contribution in [2.24, 2.45) is 62.1 Å². The predicted molar refractivity (Wildman–Crippen MR) is 126 cm³/mol. The van der Waals surface area contributed by atoms with E-state index in [4.69, 9.17) is 4.74 Å². The number of carbonyl (C=O) groups excluding carboxylic acids is 1. The standard InChI is InChI=1S/C27H40N2O4/c1-15(2)17-14-27-12-9-20-25(3,10-6-11-26(20,4)24(30)33-5)21(27)13-16(17)22-18(28-31)7-8-19(29-32)23(22)27/h14-16,20-23,31-32H,6-13H2,1-5H3/b28-18+,29-19+/t16-,20+,21+,22-,23+,25-,26+,27-/m0/s1. The summed E-state index contributed by atoms with van der Waals surface area (Å²) >= 11 is 0. The Hall–Kier alpha value is -1.85. The van der Waals surface area contributed by atoms with E-state index in [0.29, 0.717) is 36.5 Å². The first-order valence-electron chi connectivity index (χ1n) is 12.9. The quantitative estimate of drug-likeness (QED) is 0.242. The molecule has 0 saturated heterocycles. The van der Waals surface area contributed by atoms with Crippen LogP contribution in [-0.2, 0) is 9.53 Å². The molecule has 0 aromatic heterocycles. The third-order valence-corrected chi connectivity index (χ3v) is 11.0. The molecule has 6 aliphatic carbocycles. The fraction of sp³-hybridized carbons (Fsp3) is 0.815. The topological polar surface area (TPSA) is 91.5 Å². The number of methoxy groups -OCH3 is 1. The van der Waals surface area contributed by atoms with E-state index in [1.807, 2.05) is 0 Å². The van der Waals surface area contributed by atoms with Gasteiger partial charge in [0.25, 0.3) is 0 Å². The third kappa shape index (κ3) is 2.81. The number of hydrogen-bond donors (Lipinski definition) is 2. The largest absolute Gasteiger partial charge is 0.469 e. The molecule has 182 valence electrons. The zero-order valence-corrected chi connectivity index (χ0v) is 20.8. The smallest absolute Gasteiger partial charge is 0.311 e. The monoisotopic (exact) mass is 456 g/mol. The molecule has 0 aromatic rings. The highest BCUT2D eigenvalue weighted by molar-refractivity contribution is 6.02. The average molecular weight is 457 g/mol. The predicted octanol–water partition coefficient (Wildman–Crippen LogP) is 5.67. The summed E-state index contributed by atoms with van der Waals surface area (Å²) in [6.07, 6.45) is 9.97. The molecule has 0 unspecified atom stereocenters. The molecule has 0 heterocycles. The fourth-order valence-corrected chi connectivity index (χ4v) is 9.83. The third-order valence-electron chi connectivity index (χ3n) is 11.0. The second-order valence-corrected chi connectivity index (χ2v) is 12.4. The zero-order chi connectivity index (χ0) is 23.8. The van der Waals surface area contributed by atoms with Gasteiger partial charge in [0.15, 0.2) is 0 Å². The van der Waals surface area contributed by atoms with Crippen LogP contribution in [0.3, 0.4) is 0 Å². The lowest BCUT2D eigenvalue weighted by molar-refractivity contribution is -0.190. The van der Waals surface area contributed by atoms with Crippen molar-refractivity contribution in [3.8, 4) is 0 Å². The molecule has 1 spiro atoms. The van der Waals surface area contributed by atoms with Crippen LogP contribution in [0.4, 0.5) is 0 Å². The first-order chi connectivity index (χ1) is 15.7. The minimum absolute atomic E-state index is 0.0240. The summed E-state index contributed by atoms with van der Waals surface area (Å²) in [4.78, 5) is 13.0. The van der Waals surface area contributed by atoms with E-state index < -0.39 is 5.41 Å². The van der Waals surface area contributed by atoms with Gasteiger partial charge >= 0.3 is 5.97 Å². The Balaban J connectivity index is 1.68. The van der Waals surface area contributed by atoms with Crippen LogP contribution in [0.15, 0.2) is 22.0 Å². The van der Waals surface area contributed by atoms with Gasteiger partial charge in [-0.25, -0.2) is 0 Å². The normalized spacial score (nSPS) is 48.8. The number of carbonyl (C=O) groups is 1. The number of nitrogens with zero attached hydrogens (tertiary/aromatic N) is 2. The molecule has 2 N–H and O–H groups in total. The van der Waals surface area contributed by atoms with Crippen molar-refractivity contribution < 1.29 is 19.9 Å². The molecule has 0 aliphatic heterocycles. The van der Waals surface area contributed by atoms with Gasteiger partial charge < -0.3 is 15.2 Å². The number of ether oxygens (including phenoxy) is 1. The van der Waals surface area contributed by atoms with Gasteiger partial charge in [-0.15, -0.1) is 0 Å². The molecule has 6 nitrogen and oxygen atoms in total. The van der Waals surface area contributed by atoms with Crippen LogP contribution < -0.4 is 0 Å². The van der Waals surface area contributed by atoms with Gasteiger partial charge in [-0.3, -0.25) is 4.79 Å². The van der Waals surface area contributed by atoms with Crippen molar-refractivity contribution in [2.45, 2.75) is 79.1 Å². The van der Waals surface area contributed by atoms with Gasteiger partial charge in [0.1, 0.15) is 0 Å². The van der Waals surface area contributed by atoms with Crippen molar-refractivity contribution in [2.75, 3.05) is 7.11 Å². The first-order valence-corrected chi connectivity index (χ1v) is 12.9. The molecule has 6 rings (SSSR count). The average Bonchev–Trinajstić information content (AvgIpc) is 2.82. The van der Waals surface area contributed by atoms with Gasteiger partial charge in [-0.1, -0.05) is 49.2 Å². The second-order valence-electron chi connectivity index (χ2n) is 12.4. The summed E-state index contributed by atoms with van der Waals surface area (Å²) in [6.45, 7) is 9.11. The summed E-state index contributed by atoms with van der Waals surface area (Å²) < 4.78 is 5.33. The van der Waals surface area contributed by atoms with Crippen LogP contribution in [0, 0.1) is 51.8 Å². The number of hydrogen-bond acceptors (Lipinski definition) is 6. The van der Waals surface area contributed by atoms with E-state index in [1.54, 1.807) is 0 Å². The number of oxime groups is 2. The van der Waals surface area contributed by atoms with E-state index in [-0.39, 0.29) is 28.6 Å². The van der Waals surface area contributed by atoms with Crippen LogP contribution in [0.5, 0.6) is 0 Å². The fourth-order valence-electron chi connectivity index (χ4n) is 9.83. The first kappa shape index (κ1) is 22.9. The molecule has 33 heavy (non-hydrogen) atoms. The van der Waals surface area contributed by atoms with Crippen molar-refractivity contribution in [3.63, 3.8) is 0 Å². The van der Waals surface area contributed by atoms with Crippen molar-refractivity contribution in [1.82, 2.24) is 0 Å². The number of rotatable bonds is 2. The molecule has 8 atom stereocenters. The number of fused-ring (bicyclic) bond motifs is 1. The highest BCUT2D eigenvalue weighted by Gasteiger charge is 2.70. The Labute approximate surface area is 197 Å². The van der Waals surface area contributed by atoms with E-state index >= 15 is 0 Å². The van der Waals surface area contributed by atoms with Crippen molar-refractivity contribution in [3.05, 3.63) is 11.6 Å². The molecule has 2 bridgehead atoms. The zero-order valence-electron chi connectivity index (χ0n) is 20.8. The van der Waals surface area contributed by atoms with Crippen molar-refractivity contribution >= 4 is 17.4 Å². The summed E-state index contributed by atoms with van der Waals surface area (Å²) in [5.41, 5.74) is 2.72. The van der Waals surface area contributed by atoms with E-state index in [0.717, 1.165) is 49.9 Å². The summed E-state index contributed by atoms with van der Waals surface area (Å²) in [5, 5.41) is 27.7. The minimum Gasteiger partial charge on any atom is -0.469 e. The van der Waals surface area contributed by atoms with Crippen LogP contribution >= 0.6 is 0 Å². The molecule has 6 aliphatic rings. The van der Waals surface area contributed by atoms with Gasteiger partial charge in [0.2, 0.25) is 0 Å². The maximum absolute atomic E-state index is 13.0. The lowest BCUT2D eigenvalue weighted by atomic mass is 9.33. The van der Waals surface area contributed by atoms with Gasteiger partial charge in [-0.05, 0) is 81.0 Å². The van der Waals surface area contributed by atoms with Gasteiger partial charge in [-0.2, -0.15) is 0 Å². The SMILES string of the molecule is COC(=O)[C@]1(C)CCC[C@]2(C)[C@H]3C[C@H]4C(C(C)C)=C[C@]3(CC[C@H]21)[C@@H]1/C(=N/O)CC/C(=N\O)[C@@H]14. The highest BCUT2D eigenvalue weighted by atomic mass is 16.5. The molecule has 6 heteroatoms. The maximum Gasteiger partial charge on any atom is 0.311 e. The molecule has 4 fully saturated rings. The van der Waals surface area contributed by atoms with E-state index in [9.17, 15) is 15.2 Å². The molecular weight excluding hydrogens is 416 g/mol. The van der Waals surface area contributed by atoms with Crippen LogP contribution in [0.1, 0.15) is 79.1 Å². The Morgan fingerprint density at radius 3 is 2.42 bits per heavy atom.